The minimum Gasteiger partial charge on any atom is -0.506 e. The van der Waals surface area contributed by atoms with E-state index in [0.29, 0.717) is 17.6 Å². The third kappa shape index (κ3) is 2.00. The van der Waals surface area contributed by atoms with Gasteiger partial charge in [-0.25, -0.2) is 0 Å². The third-order valence-electron chi connectivity index (χ3n) is 2.29. The Kier molecular flexibility index (Phi) is 2.91. The van der Waals surface area contributed by atoms with E-state index >= 15 is 0 Å². The first-order valence-electron chi connectivity index (χ1n) is 4.55. The van der Waals surface area contributed by atoms with Crippen LogP contribution < -0.4 is 5.32 Å². The average molecular weight is 214 g/mol. The average Bonchev–Trinajstić information content (AvgIpc) is 2.09. The summed E-state index contributed by atoms with van der Waals surface area (Å²) in [6.45, 7) is 2.13. The summed E-state index contributed by atoms with van der Waals surface area (Å²) >= 11 is 5.77. The molecule has 1 aromatic rings. The standard InChI is InChI=1S/C10H12ClNO2/c11-9-3-1-2-7(10(9)13)4-12-8-5-14-6-8/h1-3,8,12-13H,4-6H2. The van der Waals surface area contributed by atoms with Crippen molar-refractivity contribution in [2.24, 2.45) is 0 Å². The van der Waals surface area contributed by atoms with Crippen LogP contribution in [0.15, 0.2) is 18.2 Å². The second kappa shape index (κ2) is 4.17. The molecule has 1 fully saturated rings. The number of hydrogen-bond acceptors (Lipinski definition) is 3. The first-order chi connectivity index (χ1) is 6.77. The number of ether oxygens (including phenoxy) is 1. The molecule has 2 N–H and O–H groups in total. The predicted molar refractivity (Wildman–Crippen MR) is 54.6 cm³/mol. The second-order valence-electron chi connectivity index (χ2n) is 3.36. The smallest absolute Gasteiger partial charge is 0.138 e. The van der Waals surface area contributed by atoms with Crippen LogP contribution in [0.25, 0.3) is 0 Å². The monoisotopic (exact) mass is 213 g/mol. The molecule has 0 atom stereocenters. The zero-order chi connectivity index (χ0) is 9.97. The molecule has 1 saturated heterocycles. The van der Waals surface area contributed by atoms with Crippen molar-refractivity contribution in [3.8, 4) is 5.75 Å². The molecule has 1 aliphatic rings. The maximum absolute atomic E-state index is 9.60. The van der Waals surface area contributed by atoms with Gasteiger partial charge in [-0.05, 0) is 6.07 Å². The van der Waals surface area contributed by atoms with Gasteiger partial charge >= 0.3 is 0 Å². The largest absolute Gasteiger partial charge is 0.506 e. The molecule has 1 aromatic carbocycles. The normalized spacial score (nSPS) is 16.6. The summed E-state index contributed by atoms with van der Waals surface area (Å²) in [6, 6.07) is 5.77. The SMILES string of the molecule is Oc1c(Cl)cccc1CNC1COC1. The van der Waals surface area contributed by atoms with E-state index in [4.69, 9.17) is 16.3 Å². The molecule has 0 radical (unpaired) electrons. The fraction of sp³-hybridized carbons (Fsp3) is 0.400. The van der Waals surface area contributed by atoms with E-state index in [0.717, 1.165) is 18.8 Å². The van der Waals surface area contributed by atoms with Gasteiger partial charge in [-0.1, -0.05) is 23.7 Å². The van der Waals surface area contributed by atoms with E-state index in [9.17, 15) is 5.11 Å². The van der Waals surface area contributed by atoms with Gasteiger partial charge in [0, 0.05) is 12.1 Å². The fourth-order valence-electron chi connectivity index (χ4n) is 1.31. The molecular formula is C10H12ClNO2. The molecule has 76 valence electrons. The van der Waals surface area contributed by atoms with Crippen molar-refractivity contribution in [1.82, 2.24) is 5.32 Å². The highest BCUT2D eigenvalue weighted by molar-refractivity contribution is 6.32. The highest BCUT2D eigenvalue weighted by Crippen LogP contribution is 2.26. The van der Waals surface area contributed by atoms with Gasteiger partial charge < -0.3 is 15.2 Å². The number of phenolic OH excluding ortho intramolecular Hbond substituents is 1. The Balaban J connectivity index is 1.97. The lowest BCUT2D eigenvalue weighted by atomic mass is 10.2. The summed E-state index contributed by atoms with van der Waals surface area (Å²) in [4.78, 5) is 0. The van der Waals surface area contributed by atoms with Crippen LogP contribution in [0, 0.1) is 0 Å². The van der Waals surface area contributed by atoms with Gasteiger partial charge in [0.25, 0.3) is 0 Å². The van der Waals surface area contributed by atoms with Crippen LogP contribution >= 0.6 is 11.6 Å². The predicted octanol–water partition coefficient (Wildman–Crippen LogP) is 1.53. The van der Waals surface area contributed by atoms with Crippen LogP contribution in [0.5, 0.6) is 5.75 Å². The molecule has 0 aliphatic carbocycles. The summed E-state index contributed by atoms with van der Waals surface area (Å²) in [6.07, 6.45) is 0. The zero-order valence-corrected chi connectivity index (χ0v) is 8.42. The van der Waals surface area contributed by atoms with Crippen molar-refractivity contribution < 1.29 is 9.84 Å². The zero-order valence-electron chi connectivity index (χ0n) is 7.66. The van der Waals surface area contributed by atoms with Gasteiger partial charge in [0.15, 0.2) is 0 Å². The molecule has 4 heteroatoms. The third-order valence-corrected chi connectivity index (χ3v) is 2.59. The Morgan fingerprint density at radius 2 is 2.29 bits per heavy atom. The molecular weight excluding hydrogens is 202 g/mol. The van der Waals surface area contributed by atoms with E-state index in [1.54, 1.807) is 6.07 Å². The number of para-hydroxylation sites is 1. The van der Waals surface area contributed by atoms with E-state index in [2.05, 4.69) is 5.32 Å². The van der Waals surface area contributed by atoms with Crippen molar-refractivity contribution in [3.05, 3.63) is 28.8 Å². The summed E-state index contributed by atoms with van der Waals surface area (Å²) in [5, 5.41) is 13.3. The van der Waals surface area contributed by atoms with Gasteiger partial charge in [-0.3, -0.25) is 0 Å². The maximum atomic E-state index is 9.60. The number of aromatic hydroxyl groups is 1. The Labute approximate surface area is 87.6 Å². The summed E-state index contributed by atoms with van der Waals surface area (Å²) in [5.41, 5.74) is 0.824. The van der Waals surface area contributed by atoms with Gasteiger partial charge in [-0.2, -0.15) is 0 Å². The van der Waals surface area contributed by atoms with Gasteiger partial charge in [-0.15, -0.1) is 0 Å². The van der Waals surface area contributed by atoms with Crippen molar-refractivity contribution in [1.29, 1.82) is 0 Å². The molecule has 0 spiro atoms. The maximum Gasteiger partial charge on any atom is 0.138 e. The van der Waals surface area contributed by atoms with E-state index < -0.39 is 0 Å². The van der Waals surface area contributed by atoms with Crippen molar-refractivity contribution in [2.45, 2.75) is 12.6 Å². The van der Waals surface area contributed by atoms with Crippen molar-refractivity contribution in [2.75, 3.05) is 13.2 Å². The molecule has 2 rings (SSSR count). The minimum atomic E-state index is 0.168. The second-order valence-corrected chi connectivity index (χ2v) is 3.77. The molecule has 0 aromatic heterocycles. The van der Waals surface area contributed by atoms with Crippen LogP contribution in [0.3, 0.4) is 0 Å². The Hall–Kier alpha value is -0.770. The Bertz CT molecular complexity index is 326. The number of halogens is 1. The minimum absolute atomic E-state index is 0.168. The number of benzene rings is 1. The van der Waals surface area contributed by atoms with Gasteiger partial charge in [0.05, 0.1) is 24.3 Å². The summed E-state index contributed by atoms with van der Waals surface area (Å²) < 4.78 is 5.03. The lowest BCUT2D eigenvalue weighted by Gasteiger charge is -2.27. The molecule has 14 heavy (non-hydrogen) atoms. The Morgan fingerprint density at radius 1 is 1.50 bits per heavy atom. The van der Waals surface area contributed by atoms with Crippen molar-refractivity contribution >= 4 is 11.6 Å². The number of hydrogen-bond donors (Lipinski definition) is 2. The molecule has 1 aliphatic heterocycles. The first-order valence-corrected chi connectivity index (χ1v) is 4.92. The van der Waals surface area contributed by atoms with E-state index in [-0.39, 0.29) is 5.75 Å². The van der Waals surface area contributed by atoms with Crippen LogP contribution in [0.2, 0.25) is 5.02 Å². The lowest BCUT2D eigenvalue weighted by Crippen LogP contribution is -2.45. The highest BCUT2D eigenvalue weighted by Gasteiger charge is 2.17. The number of nitrogens with one attached hydrogen (secondary N) is 1. The molecule has 3 nitrogen and oxygen atoms in total. The topological polar surface area (TPSA) is 41.5 Å². The fourth-order valence-corrected chi connectivity index (χ4v) is 1.50. The van der Waals surface area contributed by atoms with Crippen LogP contribution in [0.4, 0.5) is 0 Å². The molecule has 0 bridgehead atoms. The van der Waals surface area contributed by atoms with Gasteiger partial charge in [0.2, 0.25) is 0 Å². The first kappa shape index (κ1) is 9.77. The highest BCUT2D eigenvalue weighted by atomic mass is 35.5. The lowest BCUT2D eigenvalue weighted by molar-refractivity contribution is -0.00584. The number of phenols is 1. The Morgan fingerprint density at radius 3 is 2.93 bits per heavy atom. The summed E-state index contributed by atoms with van der Waals surface area (Å²) in [5.74, 6) is 0.168. The quantitative estimate of drug-likeness (QED) is 0.800. The van der Waals surface area contributed by atoms with Crippen molar-refractivity contribution in [3.63, 3.8) is 0 Å². The number of rotatable bonds is 3. The molecule has 0 amide bonds. The molecule has 1 heterocycles. The summed E-state index contributed by atoms with van der Waals surface area (Å²) in [7, 11) is 0. The molecule has 0 saturated carbocycles. The van der Waals surface area contributed by atoms with E-state index in [1.807, 2.05) is 12.1 Å². The van der Waals surface area contributed by atoms with Crippen LogP contribution in [-0.4, -0.2) is 24.4 Å². The molecule has 0 unspecified atom stereocenters. The van der Waals surface area contributed by atoms with E-state index in [1.165, 1.54) is 0 Å². The van der Waals surface area contributed by atoms with Crippen LogP contribution in [0.1, 0.15) is 5.56 Å². The van der Waals surface area contributed by atoms with Gasteiger partial charge in [0.1, 0.15) is 5.75 Å². The van der Waals surface area contributed by atoms with Crippen LogP contribution in [-0.2, 0) is 11.3 Å².